The van der Waals surface area contributed by atoms with Crippen molar-refractivity contribution in [3.8, 4) is 0 Å². The van der Waals surface area contributed by atoms with Crippen molar-refractivity contribution in [3.63, 3.8) is 0 Å². The fourth-order valence-electron chi connectivity index (χ4n) is 0.469. The topological polar surface area (TPSA) is 58.9 Å². The van der Waals surface area contributed by atoms with E-state index in [-0.39, 0.29) is 0 Å². The van der Waals surface area contributed by atoms with Crippen molar-refractivity contribution in [2.45, 2.75) is 46.0 Å². The molecule has 0 heterocycles. The van der Waals surface area contributed by atoms with Gasteiger partial charge in [0.1, 0.15) is 19.8 Å². The minimum atomic E-state index is -4.51. The van der Waals surface area contributed by atoms with E-state index in [0.29, 0.717) is 0 Å². The van der Waals surface area contributed by atoms with E-state index in [1.54, 1.807) is 0 Å². The van der Waals surface area contributed by atoms with Crippen molar-refractivity contribution in [3.05, 3.63) is 0 Å². The molecular weight excluding hydrogens is 298 g/mol. The second kappa shape index (κ2) is 11.1. The lowest BCUT2D eigenvalue weighted by atomic mass is 10.6. The molecular formula is C10H20F6O4. The van der Waals surface area contributed by atoms with E-state index < -0.39 is 38.1 Å². The van der Waals surface area contributed by atoms with Gasteiger partial charge in [-0.05, 0) is 0 Å². The highest BCUT2D eigenvalue weighted by atomic mass is 19.3. The molecule has 20 heavy (non-hydrogen) atoms. The Morgan fingerprint density at radius 1 is 0.750 bits per heavy atom. The molecule has 0 bridgehead atoms. The SMILES string of the molecule is CC.CC.OCC(F)(F)OCC(F)(F)OCC(O)(F)F. The summed E-state index contributed by atoms with van der Waals surface area (Å²) in [6.45, 7) is 2.03. The Morgan fingerprint density at radius 2 is 1.10 bits per heavy atom. The number of aliphatic hydroxyl groups is 2. The molecule has 2 N–H and O–H groups in total. The average molecular weight is 318 g/mol. The molecule has 0 aliphatic heterocycles. The van der Waals surface area contributed by atoms with E-state index in [4.69, 9.17) is 10.2 Å². The van der Waals surface area contributed by atoms with E-state index in [0.717, 1.165) is 0 Å². The molecule has 0 unspecified atom stereocenters. The molecule has 0 aromatic carbocycles. The second-order valence-electron chi connectivity index (χ2n) is 2.68. The zero-order chi connectivity index (χ0) is 17.0. The maximum Gasteiger partial charge on any atom is 0.379 e. The molecule has 0 aliphatic rings. The first-order valence-electron chi connectivity index (χ1n) is 5.72. The van der Waals surface area contributed by atoms with Crippen LogP contribution in [-0.2, 0) is 9.47 Å². The van der Waals surface area contributed by atoms with Crippen molar-refractivity contribution in [1.29, 1.82) is 0 Å². The summed E-state index contributed by atoms with van der Waals surface area (Å²) in [6.07, 6.45) is -13.2. The standard InChI is InChI=1S/C6H8F6O4.2C2H6/c7-4(8,14)2-15-6(11,12)3-16-5(9,10)1-13;2*1-2/h13-14H,1-3H2;2*1-2H3. The molecule has 0 rings (SSSR count). The fraction of sp³-hybridized carbons (Fsp3) is 1.00. The van der Waals surface area contributed by atoms with E-state index in [1.165, 1.54) is 0 Å². The maximum absolute atomic E-state index is 12.4. The Hall–Kier alpha value is -0.580. The smallest absolute Gasteiger partial charge is 0.379 e. The predicted octanol–water partition coefficient (Wildman–Crippen LogP) is 2.84. The summed E-state index contributed by atoms with van der Waals surface area (Å²) in [5, 5.41) is 15.7. The molecule has 0 aromatic heterocycles. The van der Waals surface area contributed by atoms with Crippen molar-refractivity contribution in [2.24, 2.45) is 0 Å². The number of ether oxygens (including phenoxy) is 2. The van der Waals surface area contributed by atoms with Crippen LogP contribution < -0.4 is 0 Å². The van der Waals surface area contributed by atoms with Gasteiger partial charge in [0.25, 0.3) is 0 Å². The van der Waals surface area contributed by atoms with Gasteiger partial charge >= 0.3 is 18.3 Å². The van der Waals surface area contributed by atoms with E-state index in [9.17, 15) is 26.3 Å². The van der Waals surface area contributed by atoms with Crippen LogP contribution in [0.1, 0.15) is 27.7 Å². The lowest BCUT2D eigenvalue weighted by molar-refractivity contribution is -0.352. The molecule has 0 amide bonds. The summed E-state index contributed by atoms with van der Waals surface area (Å²) >= 11 is 0. The normalized spacial score (nSPS) is 12.0. The van der Waals surface area contributed by atoms with Crippen LogP contribution in [0.5, 0.6) is 0 Å². The predicted molar refractivity (Wildman–Crippen MR) is 58.7 cm³/mol. The Morgan fingerprint density at radius 3 is 1.40 bits per heavy atom. The van der Waals surface area contributed by atoms with Crippen LogP contribution in [0.25, 0.3) is 0 Å². The maximum atomic E-state index is 12.4. The molecule has 4 nitrogen and oxygen atoms in total. The Balaban J connectivity index is -0.000000656. The molecule has 0 fully saturated rings. The van der Waals surface area contributed by atoms with E-state index in [1.807, 2.05) is 27.7 Å². The van der Waals surface area contributed by atoms with Crippen LogP contribution in [0.15, 0.2) is 0 Å². The van der Waals surface area contributed by atoms with Crippen LogP contribution in [0, 0.1) is 0 Å². The van der Waals surface area contributed by atoms with Gasteiger partial charge in [0.05, 0.1) is 0 Å². The van der Waals surface area contributed by atoms with Crippen LogP contribution in [0.2, 0.25) is 0 Å². The highest BCUT2D eigenvalue weighted by Crippen LogP contribution is 2.23. The third-order valence-electron chi connectivity index (χ3n) is 1.09. The average Bonchev–Trinajstić information content (AvgIpc) is 2.39. The Labute approximate surface area is 113 Å². The molecule has 0 saturated carbocycles. The Kier molecular flexibility index (Phi) is 13.6. The van der Waals surface area contributed by atoms with Gasteiger partial charge < -0.3 is 19.7 Å². The minimum absolute atomic E-state index is 1.85. The quantitative estimate of drug-likeness (QED) is 0.709. The largest absolute Gasteiger partial charge is 0.387 e. The monoisotopic (exact) mass is 318 g/mol. The summed E-state index contributed by atoms with van der Waals surface area (Å²) in [7, 11) is 0. The van der Waals surface area contributed by atoms with Gasteiger partial charge in [-0.1, -0.05) is 27.7 Å². The summed E-state index contributed by atoms with van der Waals surface area (Å²) in [5.74, 6) is 0. The lowest BCUT2D eigenvalue weighted by Crippen LogP contribution is -2.38. The van der Waals surface area contributed by atoms with Crippen LogP contribution in [-0.4, -0.2) is 48.4 Å². The number of hydrogen-bond donors (Lipinski definition) is 2. The van der Waals surface area contributed by atoms with Crippen LogP contribution in [0.4, 0.5) is 26.3 Å². The molecule has 126 valence electrons. The highest BCUT2D eigenvalue weighted by Gasteiger charge is 2.40. The van der Waals surface area contributed by atoms with Gasteiger partial charge in [0.2, 0.25) is 0 Å². The van der Waals surface area contributed by atoms with Crippen molar-refractivity contribution < 1.29 is 46.0 Å². The summed E-state index contributed by atoms with van der Waals surface area (Å²) < 4.78 is 78.7. The zero-order valence-electron chi connectivity index (χ0n) is 11.6. The third kappa shape index (κ3) is 17.4. The first-order valence-corrected chi connectivity index (χ1v) is 5.72. The number of aliphatic hydroxyl groups excluding tert-OH is 1. The van der Waals surface area contributed by atoms with E-state index >= 15 is 0 Å². The first-order chi connectivity index (χ1) is 8.97. The second-order valence-corrected chi connectivity index (χ2v) is 2.68. The number of rotatable bonds is 7. The highest BCUT2D eigenvalue weighted by molar-refractivity contribution is 4.57. The van der Waals surface area contributed by atoms with Gasteiger partial charge in [-0.25, -0.2) is 0 Å². The van der Waals surface area contributed by atoms with Gasteiger partial charge in [0.15, 0.2) is 0 Å². The molecule has 0 aliphatic carbocycles. The molecule has 0 saturated heterocycles. The van der Waals surface area contributed by atoms with Gasteiger partial charge in [-0.3, -0.25) is 0 Å². The molecule has 0 atom stereocenters. The van der Waals surface area contributed by atoms with Crippen LogP contribution >= 0.6 is 0 Å². The first kappa shape index (κ1) is 24.4. The molecule has 0 aromatic rings. The lowest BCUT2D eigenvalue weighted by Gasteiger charge is -2.21. The summed E-state index contributed by atoms with van der Waals surface area (Å²) in [5.41, 5.74) is 0. The number of halogens is 6. The minimum Gasteiger partial charge on any atom is -0.387 e. The zero-order valence-corrected chi connectivity index (χ0v) is 11.6. The van der Waals surface area contributed by atoms with Gasteiger partial charge in [-0.2, -0.15) is 26.3 Å². The number of hydrogen-bond acceptors (Lipinski definition) is 4. The Bertz CT molecular complexity index is 220. The van der Waals surface area contributed by atoms with Crippen LogP contribution in [0.3, 0.4) is 0 Å². The van der Waals surface area contributed by atoms with Gasteiger partial charge in [0, 0.05) is 0 Å². The summed E-state index contributed by atoms with van der Waals surface area (Å²) in [4.78, 5) is 0. The van der Waals surface area contributed by atoms with Crippen molar-refractivity contribution in [1.82, 2.24) is 0 Å². The molecule has 10 heteroatoms. The molecule has 0 spiro atoms. The molecule has 0 radical (unpaired) electrons. The van der Waals surface area contributed by atoms with Crippen molar-refractivity contribution >= 4 is 0 Å². The van der Waals surface area contributed by atoms with Crippen molar-refractivity contribution in [2.75, 3.05) is 19.8 Å². The number of alkyl halides is 6. The summed E-state index contributed by atoms with van der Waals surface area (Å²) in [6, 6.07) is 0. The van der Waals surface area contributed by atoms with E-state index in [2.05, 4.69) is 9.47 Å². The fourth-order valence-corrected chi connectivity index (χ4v) is 0.469. The van der Waals surface area contributed by atoms with Gasteiger partial charge in [-0.15, -0.1) is 0 Å². The third-order valence-corrected chi connectivity index (χ3v) is 1.09.